The fraction of sp³-hybridized carbons (Fsp3) is 0.333. The Morgan fingerprint density at radius 3 is 2.63 bits per heavy atom. The highest BCUT2D eigenvalue weighted by atomic mass is 19.1. The Morgan fingerprint density at radius 1 is 1.15 bits per heavy atom. The molecule has 0 bridgehead atoms. The van der Waals surface area contributed by atoms with E-state index < -0.39 is 0 Å². The van der Waals surface area contributed by atoms with E-state index in [1.165, 1.54) is 6.07 Å². The lowest BCUT2D eigenvalue weighted by Gasteiger charge is -2.37. The first-order chi connectivity index (χ1) is 13.2. The van der Waals surface area contributed by atoms with E-state index in [4.69, 9.17) is 10.3 Å². The molecule has 0 saturated carbocycles. The molecular formula is C21H24FN5. The van der Waals surface area contributed by atoms with E-state index in [9.17, 15) is 4.39 Å². The average Bonchev–Trinajstić information content (AvgIpc) is 2.72. The van der Waals surface area contributed by atoms with Crippen LogP contribution in [0.3, 0.4) is 0 Å². The molecule has 0 atom stereocenters. The molecule has 2 aromatic rings. The second-order valence-corrected chi connectivity index (χ2v) is 6.41. The minimum Gasteiger partial charge on any atom is -0.366 e. The zero-order chi connectivity index (χ0) is 19.1. The average molecular weight is 365 g/mol. The SMILES string of the molecule is CCNC(=NCc1cccc(C#N)c1)N1CCN(c2ccccc2F)CC1. The molecular weight excluding hydrogens is 341 g/mol. The number of nitriles is 1. The van der Waals surface area contributed by atoms with Crippen molar-refractivity contribution in [1.82, 2.24) is 10.2 Å². The topological polar surface area (TPSA) is 54.7 Å². The zero-order valence-electron chi connectivity index (χ0n) is 15.5. The molecule has 140 valence electrons. The molecule has 27 heavy (non-hydrogen) atoms. The lowest BCUT2D eigenvalue weighted by molar-refractivity contribution is 0.370. The van der Waals surface area contributed by atoms with Gasteiger partial charge in [-0.2, -0.15) is 5.26 Å². The highest BCUT2D eigenvalue weighted by Crippen LogP contribution is 2.20. The summed E-state index contributed by atoms with van der Waals surface area (Å²) in [6.07, 6.45) is 0. The largest absolute Gasteiger partial charge is 0.366 e. The first kappa shape index (κ1) is 18.7. The molecule has 0 unspecified atom stereocenters. The predicted molar refractivity (Wildman–Crippen MR) is 106 cm³/mol. The summed E-state index contributed by atoms with van der Waals surface area (Å²) in [4.78, 5) is 9.01. The van der Waals surface area contributed by atoms with Crippen molar-refractivity contribution >= 4 is 11.6 Å². The fourth-order valence-corrected chi connectivity index (χ4v) is 3.20. The van der Waals surface area contributed by atoms with Crippen LogP contribution in [0.25, 0.3) is 0 Å². The molecule has 0 radical (unpaired) electrons. The summed E-state index contributed by atoms with van der Waals surface area (Å²) in [5.41, 5.74) is 2.31. The fourth-order valence-electron chi connectivity index (χ4n) is 3.20. The zero-order valence-corrected chi connectivity index (χ0v) is 15.5. The molecule has 1 fully saturated rings. The molecule has 1 aliphatic heterocycles. The Balaban J connectivity index is 1.65. The van der Waals surface area contributed by atoms with Crippen LogP contribution in [0, 0.1) is 17.1 Å². The van der Waals surface area contributed by atoms with Crippen molar-refractivity contribution in [3.8, 4) is 6.07 Å². The normalized spacial score (nSPS) is 14.8. The van der Waals surface area contributed by atoms with Crippen LogP contribution in [0.1, 0.15) is 18.1 Å². The van der Waals surface area contributed by atoms with Gasteiger partial charge in [0.2, 0.25) is 0 Å². The van der Waals surface area contributed by atoms with Crippen LogP contribution in [0.15, 0.2) is 53.5 Å². The summed E-state index contributed by atoms with van der Waals surface area (Å²) in [5, 5.41) is 12.4. The number of nitrogens with zero attached hydrogens (tertiary/aromatic N) is 4. The van der Waals surface area contributed by atoms with Crippen molar-refractivity contribution in [1.29, 1.82) is 5.26 Å². The second kappa shape index (κ2) is 9.04. The highest BCUT2D eigenvalue weighted by Gasteiger charge is 2.21. The standard InChI is InChI=1S/C21H24FN5/c1-2-24-21(25-16-18-7-5-6-17(14-18)15-23)27-12-10-26(11-13-27)20-9-4-3-8-19(20)22/h3-9,14H,2,10-13,16H2,1H3,(H,24,25). The number of guanidine groups is 1. The molecule has 5 nitrogen and oxygen atoms in total. The smallest absolute Gasteiger partial charge is 0.194 e. The van der Waals surface area contributed by atoms with Crippen LogP contribution >= 0.6 is 0 Å². The Morgan fingerprint density at radius 2 is 1.93 bits per heavy atom. The molecule has 3 rings (SSSR count). The number of nitrogens with one attached hydrogen (secondary N) is 1. The Kier molecular flexibility index (Phi) is 6.26. The van der Waals surface area contributed by atoms with Gasteiger partial charge in [0, 0.05) is 32.7 Å². The molecule has 0 amide bonds. The van der Waals surface area contributed by atoms with Crippen LogP contribution in [0.5, 0.6) is 0 Å². The van der Waals surface area contributed by atoms with Gasteiger partial charge in [0.1, 0.15) is 5.82 Å². The van der Waals surface area contributed by atoms with Crippen LogP contribution in [-0.4, -0.2) is 43.6 Å². The van der Waals surface area contributed by atoms with E-state index in [0.29, 0.717) is 17.8 Å². The molecule has 6 heteroatoms. The quantitative estimate of drug-likeness (QED) is 0.669. The number of anilines is 1. The minimum absolute atomic E-state index is 0.177. The van der Waals surface area contributed by atoms with E-state index in [2.05, 4.69) is 21.2 Å². The third kappa shape index (κ3) is 4.76. The van der Waals surface area contributed by atoms with E-state index >= 15 is 0 Å². The maximum atomic E-state index is 14.0. The molecule has 2 aromatic carbocycles. The monoisotopic (exact) mass is 365 g/mol. The van der Waals surface area contributed by atoms with Crippen molar-refractivity contribution in [3.05, 3.63) is 65.5 Å². The van der Waals surface area contributed by atoms with Crippen LogP contribution in [0.2, 0.25) is 0 Å². The van der Waals surface area contributed by atoms with Crippen molar-refractivity contribution in [2.45, 2.75) is 13.5 Å². The van der Waals surface area contributed by atoms with Crippen molar-refractivity contribution in [2.75, 3.05) is 37.6 Å². The molecule has 0 aliphatic carbocycles. The van der Waals surface area contributed by atoms with E-state index in [1.54, 1.807) is 12.1 Å². The summed E-state index contributed by atoms with van der Waals surface area (Å²) < 4.78 is 14.0. The lowest BCUT2D eigenvalue weighted by Crippen LogP contribution is -2.52. The third-order valence-corrected chi connectivity index (χ3v) is 4.57. The Bertz CT molecular complexity index is 834. The number of aliphatic imine (C=N–C) groups is 1. The summed E-state index contributed by atoms with van der Waals surface area (Å²) >= 11 is 0. The molecule has 0 aromatic heterocycles. The number of halogens is 1. The van der Waals surface area contributed by atoms with Gasteiger partial charge in [0.15, 0.2) is 5.96 Å². The van der Waals surface area contributed by atoms with E-state index in [0.717, 1.165) is 44.2 Å². The maximum absolute atomic E-state index is 14.0. The van der Waals surface area contributed by atoms with Crippen LogP contribution in [0.4, 0.5) is 10.1 Å². The number of piperazine rings is 1. The Hall–Kier alpha value is -3.07. The molecule has 0 spiro atoms. The summed E-state index contributed by atoms with van der Waals surface area (Å²) in [6, 6.07) is 16.6. The summed E-state index contributed by atoms with van der Waals surface area (Å²) in [7, 11) is 0. The predicted octanol–water partition coefficient (Wildman–Crippen LogP) is 2.99. The highest BCUT2D eigenvalue weighted by molar-refractivity contribution is 5.80. The van der Waals surface area contributed by atoms with E-state index in [-0.39, 0.29) is 5.82 Å². The van der Waals surface area contributed by atoms with Crippen molar-refractivity contribution in [3.63, 3.8) is 0 Å². The molecule has 1 saturated heterocycles. The van der Waals surface area contributed by atoms with Gasteiger partial charge in [-0.15, -0.1) is 0 Å². The first-order valence-corrected chi connectivity index (χ1v) is 9.23. The number of rotatable bonds is 4. The second-order valence-electron chi connectivity index (χ2n) is 6.41. The first-order valence-electron chi connectivity index (χ1n) is 9.23. The van der Waals surface area contributed by atoms with Crippen LogP contribution < -0.4 is 10.2 Å². The molecule has 1 N–H and O–H groups in total. The van der Waals surface area contributed by atoms with Gasteiger partial charge >= 0.3 is 0 Å². The van der Waals surface area contributed by atoms with Gasteiger partial charge in [0.05, 0.1) is 23.9 Å². The lowest BCUT2D eigenvalue weighted by atomic mass is 10.1. The number of hydrogen-bond acceptors (Lipinski definition) is 3. The van der Waals surface area contributed by atoms with Gasteiger partial charge in [-0.3, -0.25) is 0 Å². The molecule has 1 heterocycles. The van der Waals surface area contributed by atoms with E-state index in [1.807, 2.05) is 37.3 Å². The molecule has 1 aliphatic rings. The summed E-state index contributed by atoms with van der Waals surface area (Å²) in [6.45, 7) is 6.39. The summed E-state index contributed by atoms with van der Waals surface area (Å²) in [5.74, 6) is 0.678. The maximum Gasteiger partial charge on any atom is 0.194 e. The Labute approximate surface area is 159 Å². The van der Waals surface area contributed by atoms with Gasteiger partial charge < -0.3 is 15.1 Å². The number of hydrogen-bond donors (Lipinski definition) is 1. The van der Waals surface area contributed by atoms with Gasteiger partial charge in [-0.1, -0.05) is 24.3 Å². The number of para-hydroxylation sites is 1. The van der Waals surface area contributed by atoms with Gasteiger partial charge in [-0.05, 0) is 36.8 Å². The minimum atomic E-state index is -0.177. The van der Waals surface area contributed by atoms with Crippen molar-refractivity contribution < 1.29 is 4.39 Å². The third-order valence-electron chi connectivity index (χ3n) is 4.57. The number of benzene rings is 2. The van der Waals surface area contributed by atoms with Gasteiger partial charge in [0.25, 0.3) is 0 Å². The van der Waals surface area contributed by atoms with Gasteiger partial charge in [-0.25, -0.2) is 9.38 Å². The van der Waals surface area contributed by atoms with Crippen LogP contribution in [-0.2, 0) is 6.54 Å². The van der Waals surface area contributed by atoms with Crippen molar-refractivity contribution in [2.24, 2.45) is 4.99 Å².